The summed E-state index contributed by atoms with van der Waals surface area (Å²) in [5.41, 5.74) is 1.29. The standard InChI is InChI=1S/C16H14ClFN2O2/c17-12-2-1-3-14(8-12)20-16(22)9-15(21)19-10-11-4-6-13(18)7-5-11/h1-8H,9-10H2,(H,19,21)(H,20,22). The molecule has 0 atom stereocenters. The molecule has 0 aromatic heterocycles. The fraction of sp³-hybridized carbons (Fsp3) is 0.125. The molecule has 0 aliphatic carbocycles. The second kappa shape index (κ2) is 7.56. The lowest BCUT2D eigenvalue weighted by molar-refractivity contribution is -0.126. The normalized spacial score (nSPS) is 10.1. The monoisotopic (exact) mass is 320 g/mol. The maximum Gasteiger partial charge on any atom is 0.233 e. The molecular formula is C16H14ClFN2O2. The van der Waals surface area contributed by atoms with Crippen LogP contribution in [0.15, 0.2) is 48.5 Å². The fourth-order valence-electron chi connectivity index (χ4n) is 1.78. The van der Waals surface area contributed by atoms with Crippen LogP contribution in [-0.2, 0) is 16.1 Å². The molecule has 0 fully saturated rings. The predicted octanol–water partition coefficient (Wildman–Crippen LogP) is 3.12. The van der Waals surface area contributed by atoms with Crippen molar-refractivity contribution in [1.82, 2.24) is 5.32 Å². The average Bonchev–Trinajstić information content (AvgIpc) is 2.46. The molecule has 2 aromatic carbocycles. The number of anilines is 1. The SMILES string of the molecule is O=C(CC(=O)Nc1cccc(Cl)c1)NCc1ccc(F)cc1. The lowest BCUT2D eigenvalue weighted by Crippen LogP contribution is -2.27. The van der Waals surface area contributed by atoms with Crippen LogP contribution < -0.4 is 10.6 Å². The van der Waals surface area contributed by atoms with Crippen molar-refractivity contribution < 1.29 is 14.0 Å². The molecule has 0 saturated carbocycles. The highest BCUT2D eigenvalue weighted by molar-refractivity contribution is 6.30. The molecule has 0 heterocycles. The molecule has 6 heteroatoms. The summed E-state index contributed by atoms with van der Waals surface area (Å²) in [5.74, 6) is -1.18. The maximum absolute atomic E-state index is 12.7. The Bertz CT molecular complexity index is 674. The second-order valence-electron chi connectivity index (χ2n) is 4.64. The highest BCUT2D eigenvalue weighted by Gasteiger charge is 2.09. The van der Waals surface area contributed by atoms with Crippen LogP contribution >= 0.6 is 11.6 Å². The van der Waals surface area contributed by atoms with Gasteiger partial charge in [-0.3, -0.25) is 9.59 Å². The van der Waals surface area contributed by atoms with E-state index in [1.54, 1.807) is 36.4 Å². The van der Waals surface area contributed by atoms with Crippen LogP contribution in [0.1, 0.15) is 12.0 Å². The van der Waals surface area contributed by atoms with Crippen molar-refractivity contribution in [2.75, 3.05) is 5.32 Å². The van der Waals surface area contributed by atoms with Crippen molar-refractivity contribution in [3.05, 3.63) is 64.9 Å². The number of amides is 2. The van der Waals surface area contributed by atoms with Gasteiger partial charge in [-0.25, -0.2) is 4.39 Å². The van der Waals surface area contributed by atoms with Gasteiger partial charge in [0.05, 0.1) is 0 Å². The van der Waals surface area contributed by atoms with Gasteiger partial charge in [-0.1, -0.05) is 29.8 Å². The van der Waals surface area contributed by atoms with E-state index in [1.165, 1.54) is 12.1 Å². The lowest BCUT2D eigenvalue weighted by atomic mass is 10.2. The van der Waals surface area contributed by atoms with Gasteiger partial charge in [0.2, 0.25) is 11.8 Å². The summed E-state index contributed by atoms with van der Waals surface area (Å²) in [6.45, 7) is 0.240. The van der Waals surface area contributed by atoms with Crippen LogP contribution in [0.5, 0.6) is 0 Å². The van der Waals surface area contributed by atoms with Gasteiger partial charge in [0.25, 0.3) is 0 Å². The third-order valence-electron chi connectivity index (χ3n) is 2.83. The maximum atomic E-state index is 12.7. The molecule has 114 valence electrons. The summed E-state index contributed by atoms with van der Waals surface area (Å²) in [6, 6.07) is 12.4. The van der Waals surface area contributed by atoms with E-state index in [4.69, 9.17) is 11.6 Å². The minimum atomic E-state index is -0.432. The highest BCUT2D eigenvalue weighted by Crippen LogP contribution is 2.14. The largest absolute Gasteiger partial charge is 0.352 e. The number of halogens is 2. The van der Waals surface area contributed by atoms with Gasteiger partial charge in [0.15, 0.2) is 0 Å². The first-order valence-corrected chi connectivity index (χ1v) is 6.97. The molecule has 0 unspecified atom stereocenters. The molecule has 22 heavy (non-hydrogen) atoms. The Kier molecular flexibility index (Phi) is 5.49. The molecule has 0 radical (unpaired) electrons. The first-order valence-electron chi connectivity index (χ1n) is 6.59. The topological polar surface area (TPSA) is 58.2 Å². The Labute approximate surface area is 132 Å². The van der Waals surface area contributed by atoms with E-state index >= 15 is 0 Å². The van der Waals surface area contributed by atoms with Crippen LogP contribution in [0.25, 0.3) is 0 Å². The molecule has 0 saturated heterocycles. The summed E-state index contributed by atoms with van der Waals surface area (Å²) in [7, 11) is 0. The smallest absolute Gasteiger partial charge is 0.233 e. The number of rotatable bonds is 5. The fourth-order valence-corrected chi connectivity index (χ4v) is 1.97. The van der Waals surface area contributed by atoms with Crippen molar-refractivity contribution in [2.24, 2.45) is 0 Å². The molecule has 2 N–H and O–H groups in total. The average molecular weight is 321 g/mol. The first kappa shape index (κ1) is 16.0. The Balaban J connectivity index is 1.79. The summed E-state index contributed by atoms with van der Waals surface area (Å²) in [4.78, 5) is 23.4. The van der Waals surface area contributed by atoms with E-state index in [0.29, 0.717) is 10.7 Å². The van der Waals surface area contributed by atoms with Gasteiger partial charge >= 0.3 is 0 Å². The summed E-state index contributed by atoms with van der Waals surface area (Å²) < 4.78 is 12.7. The molecule has 2 amide bonds. The van der Waals surface area contributed by atoms with Crippen molar-refractivity contribution >= 4 is 29.1 Å². The highest BCUT2D eigenvalue weighted by atomic mass is 35.5. The van der Waals surface area contributed by atoms with E-state index in [-0.39, 0.29) is 18.8 Å². The molecule has 0 spiro atoms. The molecule has 0 aliphatic heterocycles. The zero-order valence-corrected chi connectivity index (χ0v) is 12.4. The predicted molar refractivity (Wildman–Crippen MR) is 82.9 cm³/mol. The van der Waals surface area contributed by atoms with Crippen molar-refractivity contribution in [3.8, 4) is 0 Å². The van der Waals surface area contributed by atoms with Crippen LogP contribution in [-0.4, -0.2) is 11.8 Å². The Morgan fingerprint density at radius 3 is 2.45 bits per heavy atom. The van der Waals surface area contributed by atoms with Gasteiger partial charge in [0, 0.05) is 17.3 Å². The lowest BCUT2D eigenvalue weighted by Gasteiger charge is -2.07. The quantitative estimate of drug-likeness (QED) is 0.832. The zero-order valence-electron chi connectivity index (χ0n) is 11.6. The Morgan fingerprint density at radius 2 is 1.77 bits per heavy atom. The van der Waals surface area contributed by atoms with Crippen molar-refractivity contribution in [1.29, 1.82) is 0 Å². The summed E-state index contributed by atoms with van der Waals surface area (Å²) >= 11 is 5.81. The molecule has 0 aliphatic rings. The van der Waals surface area contributed by atoms with Crippen molar-refractivity contribution in [3.63, 3.8) is 0 Å². The zero-order chi connectivity index (χ0) is 15.9. The Morgan fingerprint density at radius 1 is 1.05 bits per heavy atom. The van der Waals surface area contributed by atoms with Gasteiger partial charge in [-0.2, -0.15) is 0 Å². The summed E-state index contributed by atoms with van der Waals surface area (Å²) in [6.07, 6.45) is -0.298. The minimum absolute atomic E-state index is 0.240. The van der Waals surface area contributed by atoms with Crippen LogP contribution in [0.3, 0.4) is 0 Å². The van der Waals surface area contributed by atoms with Crippen LogP contribution in [0, 0.1) is 5.82 Å². The number of hydrogen-bond donors (Lipinski definition) is 2. The van der Waals surface area contributed by atoms with E-state index in [2.05, 4.69) is 10.6 Å². The third kappa shape index (κ3) is 5.18. The molecule has 2 rings (SSSR count). The van der Waals surface area contributed by atoms with E-state index in [9.17, 15) is 14.0 Å². The van der Waals surface area contributed by atoms with Gasteiger partial charge in [-0.05, 0) is 35.9 Å². The van der Waals surface area contributed by atoms with E-state index in [0.717, 1.165) is 5.56 Å². The second-order valence-corrected chi connectivity index (χ2v) is 5.07. The molecular weight excluding hydrogens is 307 g/mol. The molecule has 0 bridgehead atoms. The number of hydrogen-bond acceptors (Lipinski definition) is 2. The van der Waals surface area contributed by atoms with Gasteiger partial charge in [-0.15, -0.1) is 0 Å². The van der Waals surface area contributed by atoms with E-state index < -0.39 is 11.8 Å². The van der Waals surface area contributed by atoms with Gasteiger partial charge in [0.1, 0.15) is 12.2 Å². The van der Waals surface area contributed by atoms with Crippen LogP contribution in [0.2, 0.25) is 5.02 Å². The molecule has 4 nitrogen and oxygen atoms in total. The first-order chi connectivity index (χ1) is 10.5. The van der Waals surface area contributed by atoms with Gasteiger partial charge < -0.3 is 10.6 Å². The minimum Gasteiger partial charge on any atom is -0.352 e. The summed E-state index contributed by atoms with van der Waals surface area (Å²) in [5, 5.41) is 5.68. The third-order valence-corrected chi connectivity index (χ3v) is 3.07. The van der Waals surface area contributed by atoms with Crippen molar-refractivity contribution in [2.45, 2.75) is 13.0 Å². The number of carbonyl (C=O) groups excluding carboxylic acids is 2. The Hall–Kier alpha value is -2.40. The number of nitrogens with one attached hydrogen (secondary N) is 2. The molecule has 2 aromatic rings. The number of benzene rings is 2. The van der Waals surface area contributed by atoms with Crippen LogP contribution in [0.4, 0.5) is 10.1 Å². The number of carbonyl (C=O) groups is 2. The van der Waals surface area contributed by atoms with E-state index in [1.807, 2.05) is 0 Å².